The fourth-order valence-corrected chi connectivity index (χ4v) is 3.86. The van der Waals surface area contributed by atoms with Gasteiger partial charge in [-0.1, -0.05) is 30.7 Å². The lowest BCUT2D eigenvalue weighted by Gasteiger charge is -2.24. The maximum atomic E-state index is 12.6. The molecule has 3 rings (SSSR count). The molecule has 1 aliphatic rings. The van der Waals surface area contributed by atoms with E-state index < -0.39 is 18.0 Å². The molecule has 1 aliphatic heterocycles. The normalized spacial score (nSPS) is 16.5. The molecule has 0 radical (unpaired) electrons. The van der Waals surface area contributed by atoms with Gasteiger partial charge in [-0.05, 0) is 53.7 Å². The number of H-pyrrole nitrogens is 1. The molecular formula is C20H23BrClN5O4. The summed E-state index contributed by atoms with van der Waals surface area (Å²) in [7, 11) is 0. The summed E-state index contributed by atoms with van der Waals surface area (Å²) in [5, 5.41) is 12.0. The molecule has 0 spiro atoms. The summed E-state index contributed by atoms with van der Waals surface area (Å²) in [4.78, 5) is 39.2. The molecule has 1 saturated heterocycles. The molecule has 1 unspecified atom stereocenters. The van der Waals surface area contributed by atoms with Gasteiger partial charge in [0.2, 0.25) is 5.91 Å². The van der Waals surface area contributed by atoms with Gasteiger partial charge in [0.05, 0.1) is 10.6 Å². The molecule has 0 saturated carbocycles. The van der Waals surface area contributed by atoms with Crippen LogP contribution in [0.4, 0.5) is 10.6 Å². The van der Waals surface area contributed by atoms with E-state index in [1.165, 1.54) is 0 Å². The number of likely N-dealkylation sites (tertiary alicyclic amines) is 1. The summed E-state index contributed by atoms with van der Waals surface area (Å²) >= 11 is 9.30. The van der Waals surface area contributed by atoms with E-state index in [-0.39, 0.29) is 27.6 Å². The predicted octanol–water partition coefficient (Wildman–Crippen LogP) is 3.96. The molecule has 31 heavy (non-hydrogen) atoms. The molecule has 11 heteroatoms. The third kappa shape index (κ3) is 5.76. The Morgan fingerprint density at radius 2 is 2.13 bits per heavy atom. The lowest BCUT2D eigenvalue weighted by atomic mass is 10.1. The summed E-state index contributed by atoms with van der Waals surface area (Å²) < 4.78 is 5.49. The highest BCUT2D eigenvalue weighted by Crippen LogP contribution is 2.30. The van der Waals surface area contributed by atoms with Crippen LogP contribution in [0.25, 0.3) is 0 Å². The molecule has 9 nitrogen and oxygen atoms in total. The lowest BCUT2D eigenvalue weighted by molar-refractivity contribution is -0.132. The number of ether oxygens (including phenoxy) is 1. The zero-order valence-electron chi connectivity index (χ0n) is 16.9. The van der Waals surface area contributed by atoms with Gasteiger partial charge in [0, 0.05) is 13.1 Å². The maximum absolute atomic E-state index is 12.6. The van der Waals surface area contributed by atoms with E-state index in [1.807, 2.05) is 6.92 Å². The topological polar surface area (TPSA) is 116 Å². The van der Waals surface area contributed by atoms with Gasteiger partial charge in [0.1, 0.15) is 16.3 Å². The standard InChI is InChI=1S/C20H23BrClN5O4/c1-2-10-27-11-6-5-9-14(19(27)29)23-20(30)31-18-15(21)16(25-26-18)24-17(28)12-7-3-4-8-13(12)22/h3-4,7-8,14H,2,5-6,9-11H2,1H3,(H,23,30)(H2,24,25,26,28). The Morgan fingerprint density at radius 3 is 2.87 bits per heavy atom. The molecule has 3 amide bonds. The van der Waals surface area contributed by atoms with E-state index >= 15 is 0 Å². The highest BCUT2D eigenvalue weighted by molar-refractivity contribution is 9.10. The van der Waals surface area contributed by atoms with E-state index in [4.69, 9.17) is 16.3 Å². The minimum absolute atomic E-state index is 0.0709. The number of benzene rings is 1. The van der Waals surface area contributed by atoms with Gasteiger partial charge in [-0.2, -0.15) is 0 Å². The first-order chi connectivity index (χ1) is 14.9. The van der Waals surface area contributed by atoms with Crippen LogP contribution in [0, 0.1) is 0 Å². The number of nitrogens with one attached hydrogen (secondary N) is 3. The van der Waals surface area contributed by atoms with Crippen molar-refractivity contribution in [3.8, 4) is 5.88 Å². The fourth-order valence-electron chi connectivity index (χ4n) is 3.28. The minimum Gasteiger partial charge on any atom is -0.388 e. The van der Waals surface area contributed by atoms with E-state index in [0.717, 1.165) is 19.3 Å². The van der Waals surface area contributed by atoms with Crippen molar-refractivity contribution in [1.82, 2.24) is 20.4 Å². The molecule has 2 heterocycles. The first kappa shape index (κ1) is 23.1. The molecule has 2 aromatic rings. The van der Waals surface area contributed by atoms with Gasteiger partial charge in [0.15, 0.2) is 0 Å². The summed E-state index contributed by atoms with van der Waals surface area (Å²) in [6.07, 6.45) is 2.34. The lowest BCUT2D eigenvalue weighted by Crippen LogP contribution is -2.48. The van der Waals surface area contributed by atoms with Crippen LogP contribution in [0.3, 0.4) is 0 Å². The highest BCUT2D eigenvalue weighted by Gasteiger charge is 2.29. The quantitative estimate of drug-likeness (QED) is 0.542. The molecule has 0 bridgehead atoms. The van der Waals surface area contributed by atoms with Crippen LogP contribution in [0.5, 0.6) is 5.88 Å². The van der Waals surface area contributed by atoms with E-state index in [2.05, 4.69) is 36.8 Å². The van der Waals surface area contributed by atoms with Crippen molar-refractivity contribution < 1.29 is 19.1 Å². The first-order valence-electron chi connectivity index (χ1n) is 9.97. The average Bonchev–Trinajstić information content (AvgIpc) is 2.98. The van der Waals surface area contributed by atoms with Crippen molar-refractivity contribution in [2.75, 3.05) is 18.4 Å². The molecule has 1 aromatic carbocycles. The molecule has 1 fully saturated rings. The molecule has 3 N–H and O–H groups in total. The summed E-state index contributed by atoms with van der Waals surface area (Å²) in [5.41, 5.74) is 0.286. The molecule has 1 atom stereocenters. The first-order valence-corrected chi connectivity index (χ1v) is 11.1. The van der Waals surface area contributed by atoms with Crippen molar-refractivity contribution in [3.63, 3.8) is 0 Å². The van der Waals surface area contributed by atoms with Crippen LogP contribution in [-0.2, 0) is 4.79 Å². The molecular weight excluding hydrogens is 490 g/mol. The predicted molar refractivity (Wildman–Crippen MR) is 119 cm³/mol. The van der Waals surface area contributed by atoms with Crippen molar-refractivity contribution >= 4 is 51.3 Å². The second-order valence-electron chi connectivity index (χ2n) is 7.06. The second kappa shape index (κ2) is 10.6. The fraction of sp³-hybridized carbons (Fsp3) is 0.400. The van der Waals surface area contributed by atoms with Crippen LogP contribution >= 0.6 is 27.5 Å². The zero-order chi connectivity index (χ0) is 22.4. The summed E-state index contributed by atoms with van der Waals surface area (Å²) in [6.45, 7) is 3.36. The van der Waals surface area contributed by atoms with Crippen LogP contribution < -0.4 is 15.4 Å². The third-order valence-electron chi connectivity index (χ3n) is 4.79. The number of amides is 3. The molecule has 166 valence electrons. The number of halogens is 2. The Bertz CT molecular complexity index is 967. The summed E-state index contributed by atoms with van der Waals surface area (Å²) in [6, 6.07) is 5.96. The Hall–Kier alpha value is -2.59. The van der Waals surface area contributed by atoms with Crippen LogP contribution in [0.2, 0.25) is 5.02 Å². The second-order valence-corrected chi connectivity index (χ2v) is 8.26. The number of hydrogen-bond donors (Lipinski definition) is 3. The number of nitrogens with zero attached hydrogens (tertiary/aromatic N) is 2. The number of carbonyl (C=O) groups excluding carboxylic acids is 3. The van der Waals surface area contributed by atoms with Crippen molar-refractivity contribution in [2.45, 2.75) is 38.6 Å². The smallest absolute Gasteiger partial charge is 0.388 e. The van der Waals surface area contributed by atoms with Crippen LogP contribution in [-0.4, -0.2) is 52.1 Å². The number of anilines is 1. The monoisotopic (exact) mass is 511 g/mol. The molecule has 0 aliphatic carbocycles. The zero-order valence-corrected chi connectivity index (χ0v) is 19.3. The van der Waals surface area contributed by atoms with E-state index in [9.17, 15) is 14.4 Å². The van der Waals surface area contributed by atoms with E-state index in [1.54, 1.807) is 29.2 Å². The SMILES string of the molecule is CCCN1CCCCC(NC(=O)Oc2n[nH]c(NC(=O)c3ccccc3Cl)c2Br)C1=O. The van der Waals surface area contributed by atoms with Gasteiger partial charge >= 0.3 is 6.09 Å². The van der Waals surface area contributed by atoms with Gasteiger partial charge in [-0.3, -0.25) is 14.7 Å². The Morgan fingerprint density at radius 1 is 1.35 bits per heavy atom. The number of hydrogen-bond acceptors (Lipinski definition) is 5. The number of aromatic nitrogens is 2. The van der Waals surface area contributed by atoms with Crippen LogP contribution in [0.1, 0.15) is 43.0 Å². The minimum atomic E-state index is -0.798. The number of rotatable bonds is 6. The highest BCUT2D eigenvalue weighted by atomic mass is 79.9. The van der Waals surface area contributed by atoms with Crippen molar-refractivity contribution in [1.29, 1.82) is 0 Å². The number of carbonyl (C=O) groups is 3. The third-order valence-corrected chi connectivity index (χ3v) is 5.85. The van der Waals surface area contributed by atoms with Gasteiger partial charge < -0.3 is 20.3 Å². The molecule has 1 aromatic heterocycles. The van der Waals surface area contributed by atoms with E-state index in [0.29, 0.717) is 24.5 Å². The largest absolute Gasteiger partial charge is 0.414 e. The Balaban J connectivity index is 1.62. The van der Waals surface area contributed by atoms with Crippen LogP contribution in [0.15, 0.2) is 28.7 Å². The number of aromatic amines is 1. The van der Waals surface area contributed by atoms with Gasteiger partial charge in [0.25, 0.3) is 11.8 Å². The maximum Gasteiger partial charge on any atom is 0.414 e. The Kier molecular flexibility index (Phi) is 7.91. The average molecular weight is 513 g/mol. The Labute approximate surface area is 193 Å². The van der Waals surface area contributed by atoms with Gasteiger partial charge in [-0.15, -0.1) is 5.10 Å². The van der Waals surface area contributed by atoms with Crippen molar-refractivity contribution in [3.05, 3.63) is 39.3 Å². The summed E-state index contributed by atoms with van der Waals surface area (Å²) in [5.74, 6) is -0.429. The van der Waals surface area contributed by atoms with Gasteiger partial charge in [-0.25, -0.2) is 4.79 Å². The van der Waals surface area contributed by atoms with Crippen molar-refractivity contribution in [2.24, 2.45) is 0 Å².